The van der Waals surface area contributed by atoms with Gasteiger partial charge < -0.3 is 15.7 Å². The number of rotatable bonds is 4. The SMILES string of the molecule is CCC1CCC(O)(CNC(=O)NC(C)C)CC1. The third kappa shape index (κ3) is 4.94. The van der Waals surface area contributed by atoms with Gasteiger partial charge >= 0.3 is 6.03 Å². The van der Waals surface area contributed by atoms with Crippen LogP contribution in [0.15, 0.2) is 0 Å². The molecule has 0 saturated heterocycles. The summed E-state index contributed by atoms with van der Waals surface area (Å²) < 4.78 is 0. The Labute approximate surface area is 104 Å². The first-order valence-electron chi connectivity index (χ1n) is 6.72. The Kier molecular flexibility index (Phi) is 5.25. The smallest absolute Gasteiger partial charge is 0.315 e. The van der Waals surface area contributed by atoms with E-state index in [1.165, 1.54) is 6.42 Å². The van der Waals surface area contributed by atoms with Crippen LogP contribution in [0, 0.1) is 5.92 Å². The summed E-state index contributed by atoms with van der Waals surface area (Å²) in [5, 5.41) is 15.8. The van der Waals surface area contributed by atoms with E-state index >= 15 is 0 Å². The number of amides is 2. The lowest BCUT2D eigenvalue weighted by molar-refractivity contribution is -0.00646. The largest absolute Gasteiger partial charge is 0.388 e. The number of nitrogens with one attached hydrogen (secondary N) is 2. The zero-order valence-corrected chi connectivity index (χ0v) is 11.3. The molecule has 1 rings (SSSR count). The average Bonchev–Trinajstić information content (AvgIpc) is 2.27. The van der Waals surface area contributed by atoms with Crippen molar-refractivity contribution in [3.05, 3.63) is 0 Å². The predicted molar refractivity (Wildman–Crippen MR) is 68.9 cm³/mol. The lowest BCUT2D eigenvalue weighted by Gasteiger charge is -2.35. The molecule has 2 amide bonds. The van der Waals surface area contributed by atoms with Gasteiger partial charge in [0.1, 0.15) is 0 Å². The first-order valence-corrected chi connectivity index (χ1v) is 6.72. The molecule has 17 heavy (non-hydrogen) atoms. The lowest BCUT2D eigenvalue weighted by Crippen LogP contribution is -2.49. The molecule has 0 aliphatic heterocycles. The Morgan fingerprint density at radius 3 is 2.47 bits per heavy atom. The van der Waals surface area contributed by atoms with E-state index in [4.69, 9.17) is 0 Å². The third-order valence-electron chi connectivity index (χ3n) is 3.61. The first kappa shape index (κ1) is 14.3. The summed E-state index contributed by atoms with van der Waals surface area (Å²) in [7, 11) is 0. The minimum Gasteiger partial charge on any atom is -0.388 e. The third-order valence-corrected chi connectivity index (χ3v) is 3.61. The molecule has 4 nitrogen and oxygen atoms in total. The zero-order chi connectivity index (χ0) is 12.9. The number of hydrogen-bond acceptors (Lipinski definition) is 2. The van der Waals surface area contributed by atoms with Crippen LogP contribution in [-0.4, -0.2) is 29.3 Å². The molecular weight excluding hydrogens is 216 g/mol. The van der Waals surface area contributed by atoms with E-state index in [0.29, 0.717) is 6.54 Å². The molecule has 0 spiro atoms. The molecule has 1 saturated carbocycles. The summed E-state index contributed by atoms with van der Waals surface area (Å²) in [5.74, 6) is 0.750. The van der Waals surface area contributed by atoms with E-state index in [1.807, 2.05) is 13.8 Å². The highest BCUT2D eigenvalue weighted by molar-refractivity contribution is 5.74. The molecule has 0 bridgehead atoms. The van der Waals surface area contributed by atoms with Crippen LogP contribution in [0.1, 0.15) is 52.9 Å². The summed E-state index contributed by atoms with van der Waals surface area (Å²) >= 11 is 0. The number of carbonyl (C=O) groups is 1. The second-order valence-electron chi connectivity index (χ2n) is 5.56. The zero-order valence-electron chi connectivity index (χ0n) is 11.3. The highest BCUT2D eigenvalue weighted by Crippen LogP contribution is 2.33. The van der Waals surface area contributed by atoms with Gasteiger partial charge in [0.15, 0.2) is 0 Å². The average molecular weight is 242 g/mol. The standard InChI is InChI=1S/C13H26N2O2/c1-4-11-5-7-13(17,8-6-11)9-14-12(16)15-10(2)3/h10-11,17H,4-9H2,1-3H3,(H2,14,15,16). The van der Waals surface area contributed by atoms with Crippen LogP contribution in [0.5, 0.6) is 0 Å². The van der Waals surface area contributed by atoms with Gasteiger partial charge in [-0.3, -0.25) is 0 Å². The molecule has 1 aliphatic carbocycles. The number of urea groups is 1. The fourth-order valence-corrected chi connectivity index (χ4v) is 2.36. The van der Waals surface area contributed by atoms with Crippen LogP contribution >= 0.6 is 0 Å². The Morgan fingerprint density at radius 1 is 1.41 bits per heavy atom. The summed E-state index contributed by atoms with van der Waals surface area (Å²) in [4.78, 5) is 11.4. The molecule has 100 valence electrons. The number of hydrogen-bond donors (Lipinski definition) is 3. The van der Waals surface area contributed by atoms with Gasteiger partial charge in [-0.25, -0.2) is 4.79 Å². The van der Waals surface area contributed by atoms with E-state index in [1.54, 1.807) is 0 Å². The molecule has 0 unspecified atom stereocenters. The van der Waals surface area contributed by atoms with Gasteiger partial charge in [0, 0.05) is 12.6 Å². The van der Waals surface area contributed by atoms with Gasteiger partial charge in [-0.2, -0.15) is 0 Å². The Balaban J connectivity index is 2.29. The maximum absolute atomic E-state index is 11.4. The number of aliphatic hydroxyl groups is 1. The van der Waals surface area contributed by atoms with Gasteiger partial charge in [0.25, 0.3) is 0 Å². The van der Waals surface area contributed by atoms with E-state index in [9.17, 15) is 9.90 Å². The fourth-order valence-electron chi connectivity index (χ4n) is 2.36. The van der Waals surface area contributed by atoms with Crippen LogP contribution in [0.3, 0.4) is 0 Å². The van der Waals surface area contributed by atoms with Crippen molar-refractivity contribution < 1.29 is 9.90 Å². The van der Waals surface area contributed by atoms with Crippen LogP contribution in [0.4, 0.5) is 4.79 Å². The Morgan fingerprint density at radius 2 is 2.00 bits per heavy atom. The summed E-state index contributed by atoms with van der Waals surface area (Å²) in [6.07, 6.45) is 4.93. The van der Waals surface area contributed by atoms with E-state index in [0.717, 1.165) is 31.6 Å². The molecule has 1 fully saturated rings. The van der Waals surface area contributed by atoms with Crippen molar-refractivity contribution in [2.45, 2.75) is 64.5 Å². The van der Waals surface area contributed by atoms with E-state index < -0.39 is 5.60 Å². The maximum atomic E-state index is 11.4. The monoisotopic (exact) mass is 242 g/mol. The molecule has 3 N–H and O–H groups in total. The summed E-state index contributed by atoms with van der Waals surface area (Å²) in [6, 6.07) is -0.0634. The second kappa shape index (κ2) is 6.24. The molecule has 4 heteroatoms. The van der Waals surface area contributed by atoms with E-state index in [2.05, 4.69) is 17.6 Å². The molecule has 0 aromatic carbocycles. The van der Waals surface area contributed by atoms with Crippen molar-refractivity contribution in [3.8, 4) is 0 Å². The van der Waals surface area contributed by atoms with Crippen LogP contribution < -0.4 is 10.6 Å². The number of carbonyl (C=O) groups excluding carboxylic acids is 1. The van der Waals surface area contributed by atoms with Crippen molar-refractivity contribution in [1.29, 1.82) is 0 Å². The lowest BCUT2D eigenvalue weighted by atomic mass is 9.78. The minimum absolute atomic E-state index is 0.125. The normalized spacial score (nSPS) is 29.1. The fraction of sp³-hybridized carbons (Fsp3) is 0.923. The topological polar surface area (TPSA) is 61.4 Å². The quantitative estimate of drug-likeness (QED) is 0.706. The van der Waals surface area contributed by atoms with Crippen molar-refractivity contribution in [1.82, 2.24) is 10.6 Å². The predicted octanol–water partition coefficient (Wildman–Crippen LogP) is 2.03. The van der Waals surface area contributed by atoms with Gasteiger partial charge in [0.05, 0.1) is 5.60 Å². The second-order valence-corrected chi connectivity index (χ2v) is 5.56. The molecule has 0 heterocycles. The molecule has 0 aromatic heterocycles. The van der Waals surface area contributed by atoms with Gasteiger partial charge in [-0.15, -0.1) is 0 Å². The van der Waals surface area contributed by atoms with Crippen molar-refractivity contribution >= 4 is 6.03 Å². The Bertz CT molecular complexity index is 246. The first-order chi connectivity index (χ1) is 7.95. The highest BCUT2D eigenvalue weighted by atomic mass is 16.3. The van der Waals surface area contributed by atoms with E-state index in [-0.39, 0.29) is 12.1 Å². The van der Waals surface area contributed by atoms with Crippen molar-refractivity contribution in [3.63, 3.8) is 0 Å². The molecular formula is C13H26N2O2. The molecule has 0 atom stereocenters. The molecule has 0 radical (unpaired) electrons. The van der Waals surface area contributed by atoms with Crippen molar-refractivity contribution in [2.75, 3.05) is 6.54 Å². The minimum atomic E-state index is -0.694. The molecule has 1 aliphatic rings. The van der Waals surface area contributed by atoms with Gasteiger partial charge in [0.2, 0.25) is 0 Å². The van der Waals surface area contributed by atoms with Gasteiger partial charge in [-0.1, -0.05) is 13.3 Å². The van der Waals surface area contributed by atoms with Crippen molar-refractivity contribution in [2.24, 2.45) is 5.92 Å². The van der Waals surface area contributed by atoms with Crippen LogP contribution in [0.25, 0.3) is 0 Å². The highest BCUT2D eigenvalue weighted by Gasteiger charge is 2.32. The maximum Gasteiger partial charge on any atom is 0.315 e. The van der Waals surface area contributed by atoms with Crippen LogP contribution in [0.2, 0.25) is 0 Å². The summed E-state index contributed by atoms with van der Waals surface area (Å²) in [6.45, 7) is 6.40. The van der Waals surface area contributed by atoms with Gasteiger partial charge in [-0.05, 0) is 45.4 Å². The van der Waals surface area contributed by atoms with Crippen LogP contribution in [-0.2, 0) is 0 Å². The Hall–Kier alpha value is -0.770. The molecule has 0 aromatic rings. The summed E-state index contributed by atoms with van der Waals surface area (Å²) in [5.41, 5.74) is -0.694.